The molecule has 45 heavy (non-hydrogen) atoms. The van der Waals surface area contributed by atoms with Gasteiger partial charge in [0.25, 0.3) is 5.91 Å². The molecular weight excluding hydrogens is 600 g/mol. The fourth-order valence-electron chi connectivity index (χ4n) is 6.68. The van der Waals surface area contributed by atoms with E-state index in [1.54, 1.807) is 0 Å². The van der Waals surface area contributed by atoms with Crippen LogP contribution in [0.4, 0.5) is 26.0 Å². The lowest BCUT2D eigenvalue weighted by atomic mass is 9.84. The van der Waals surface area contributed by atoms with Crippen molar-refractivity contribution in [3.05, 3.63) is 64.9 Å². The summed E-state index contributed by atoms with van der Waals surface area (Å²) in [5.41, 5.74) is 2.78. The van der Waals surface area contributed by atoms with Gasteiger partial charge in [-0.3, -0.25) is 9.89 Å². The van der Waals surface area contributed by atoms with Crippen LogP contribution in [0.2, 0.25) is 0 Å². The molecule has 0 atom stereocenters. The zero-order valence-corrected chi connectivity index (χ0v) is 26.8. The van der Waals surface area contributed by atoms with E-state index in [4.69, 9.17) is 0 Å². The molecule has 242 valence electrons. The molecule has 1 amide bonds. The van der Waals surface area contributed by atoms with Gasteiger partial charge in [-0.2, -0.15) is 9.40 Å². The summed E-state index contributed by atoms with van der Waals surface area (Å²) in [6, 6.07) is 8.41. The number of aromatic nitrogens is 2. The molecule has 0 spiro atoms. The van der Waals surface area contributed by atoms with Crippen molar-refractivity contribution in [1.82, 2.24) is 19.4 Å². The predicted molar refractivity (Wildman–Crippen MR) is 170 cm³/mol. The van der Waals surface area contributed by atoms with Gasteiger partial charge < -0.3 is 20.4 Å². The Morgan fingerprint density at radius 3 is 2.38 bits per heavy atom. The van der Waals surface area contributed by atoms with Crippen LogP contribution in [0.25, 0.3) is 0 Å². The van der Waals surface area contributed by atoms with Crippen molar-refractivity contribution in [3.8, 4) is 0 Å². The van der Waals surface area contributed by atoms with Gasteiger partial charge in [-0.25, -0.2) is 17.2 Å². The van der Waals surface area contributed by atoms with E-state index in [0.29, 0.717) is 22.9 Å². The highest BCUT2D eigenvalue weighted by Gasteiger charge is 2.41. The van der Waals surface area contributed by atoms with Crippen molar-refractivity contribution < 1.29 is 22.0 Å². The number of anilines is 3. The Labute approximate surface area is 263 Å². The molecule has 13 heteroatoms. The number of benzene rings is 2. The van der Waals surface area contributed by atoms with E-state index in [0.717, 1.165) is 75.4 Å². The van der Waals surface area contributed by atoms with Crippen LogP contribution in [-0.4, -0.2) is 79.5 Å². The second-order valence-corrected chi connectivity index (χ2v) is 15.1. The summed E-state index contributed by atoms with van der Waals surface area (Å²) >= 11 is 0. The number of halogens is 2. The van der Waals surface area contributed by atoms with Crippen LogP contribution in [0.15, 0.2) is 41.3 Å². The predicted octanol–water partition coefficient (Wildman–Crippen LogP) is 4.92. The largest absolute Gasteiger partial charge is 0.382 e. The summed E-state index contributed by atoms with van der Waals surface area (Å²) in [6.45, 7) is 7.38. The number of hydrogen-bond donors (Lipinski definition) is 3. The van der Waals surface area contributed by atoms with Crippen molar-refractivity contribution in [2.45, 2.75) is 68.8 Å². The van der Waals surface area contributed by atoms with Gasteiger partial charge in [0.1, 0.15) is 11.6 Å². The minimum atomic E-state index is -4.26. The number of piperazine rings is 1. The van der Waals surface area contributed by atoms with Crippen LogP contribution in [0, 0.1) is 11.6 Å². The maximum atomic E-state index is 14.0. The summed E-state index contributed by atoms with van der Waals surface area (Å²) in [5.74, 6) is -2.09. The number of aromatic amines is 1. The molecule has 3 aliphatic rings. The molecule has 2 aromatic carbocycles. The molecule has 3 heterocycles. The van der Waals surface area contributed by atoms with E-state index >= 15 is 0 Å². The monoisotopic (exact) mass is 641 g/mol. The second kappa shape index (κ2) is 12.3. The van der Waals surface area contributed by atoms with Crippen molar-refractivity contribution >= 4 is 33.1 Å². The van der Waals surface area contributed by atoms with Crippen molar-refractivity contribution in [1.29, 1.82) is 0 Å². The van der Waals surface area contributed by atoms with Gasteiger partial charge in [0, 0.05) is 79.4 Å². The number of carbonyl (C=O) groups excluding carboxylic acids is 1. The highest BCUT2D eigenvalue weighted by molar-refractivity contribution is 7.89. The van der Waals surface area contributed by atoms with Gasteiger partial charge in [-0.1, -0.05) is 33.1 Å². The summed E-state index contributed by atoms with van der Waals surface area (Å²) in [7, 11) is -2.14. The van der Waals surface area contributed by atoms with Crippen molar-refractivity contribution in [3.63, 3.8) is 0 Å². The molecule has 1 saturated heterocycles. The molecule has 0 unspecified atom stereocenters. The number of sulfonamides is 1. The Kier molecular flexibility index (Phi) is 8.61. The fourth-order valence-corrected chi connectivity index (χ4v) is 8.30. The molecule has 2 fully saturated rings. The third-order valence-corrected chi connectivity index (χ3v) is 11.0. The average Bonchev–Trinajstić information content (AvgIpc) is 3.41. The molecule has 1 saturated carbocycles. The van der Waals surface area contributed by atoms with Crippen molar-refractivity contribution in [2.75, 3.05) is 55.3 Å². The van der Waals surface area contributed by atoms with E-state index in [9.17, 15) is 22.0 Å². The Hall–Kier alpha value is -3.55. The average molecular weight is 642 g/mol. The summed E-state index contributed by atoms with van der Waals surface area (Å²) in [6.07, 6.45) is 5.60. The Balaban J connectivity index is 1.28. The van der Waals surface area contributed by atoms with Gasteiger partial charge in [0.05, 0.1) is 10.5 Å². The molecule has 10 nitrogen and oxygen atoms in total. The standard InChI is InChI=1S/C32H41F2N7O3S/c1-32(2)20-41(45(43,44)25-16-21(33)15-22(34)17-25)19-27-29(32)37-38-30(27)36-31(42)26-10-9-24(40-13-11-39(3)12-14-40)18-28(26)35-23-7-5-4-6-8-23/h9-10,15-18,23,35H,4-8,11-14,19-20H2,1-3H3,(H2,36,37,38,42). The van der Waals surface area contributed by atoms with Gasteiger partial charge in [0.15, 0.2) is 5.82 Å². The number of nitrogens with one attached hydrogen (secondary N) is 3. The first-order chi connectivity index (χ1) is 21.4. The molecule has 1 aliphatic carbocycles. The number of carbonyl (C=O) groups is 1. The summed E-state index contributed by atoms with van der Waals surface area (Å²) in [4.78, 5) is 18.1. The minimum absolute atomic E-state index is 0.0548. The highest BCUT2D eigenvalue weighted by Crippen LogP contribution is 2.38. The van der Waals surface area contributed by atoms with E-state index in [1.807, 2.05) is 26.0 Å². The third-order valence-electron chi connectivity index (χ3n) is 9.24. The molecule has 0 bridgehead atoms. The topological polar surface area (TPSA) is 114 Å². The van der Waals surface area contributed by atoms with Crippen LogP contribution in [-0.2, 0) is 22.0 Å². The Morgan fingerprint density at radius 2 is 1.69 bits per heavy atom. The minimum Gasteiger partial charge on any atom is -0.382 e. The molecule has 3 N–H and O–H groups in total. The van der Waals surface area contributed by atoms with E-state index in [2.05, 4.69) is 43.7 Å². The van der Waals surface area contributed by atoms with Gasteiger partial charge >= 0.3 is 0 Å². The quantitative estimate of drug-likeness (QED) is 0.336. The Bertz CT molecular complexity index is 1660. The third kappa shape index (κ3) is 6.56. The number of rotatable bonds is 7. The number of fused-ring (bicyclic) bond motifs is 1. The first kappa shape index (κ1) is 31.4. The van der Waals surface area contributed by atoms with Crippen molar-refractivity contribution in [2.24, 2.45) is 0 Å². The molecule has 1 aromatic heterocycles. The SMILES string of the molecule is CN1CCN(c2ccc(C(=O)Nc3n[nH]c4c3CN(S(=O)(=O)c3cc(F)cc(F)c3)CC4(C)C)c(NC3CCCCC3)c2)CC1. The molecule has 0 radical (unpaired) electrons. The first-order valence-electron chi connectivity index (χ1n) is 15.6. The van der Waals surface area contributed by atoms with Gasteiger partial charge in [-0.15, -0.1) is 0 Å². The normalized spacial score (nSPS) is 19.7. The zero-order chi connectivity index (χ0) is 31.9. The lowest BCUT2D eigenvalue weighted by Crippen LogP contribution is -2.45. The number of likely N-dealkylation sites (N-methyl/N-ethyl adjacent to an activating group) is 1. The van der Waals surface area contributed by atoms with E-state index in [1.165, 1.54) is 10.7 Å². The molecular formula is C32H41F2N7O3S. The maximum Gasteiger partial charge on any atom is 0.258 e. The molecule has 6 rings (SSSR count). The van der Waals surface area contributed by atoms with Gasteiger partial charge in [-0.05, 0) is 50.2 Å². The molecule has 3 aromatic rings. The smallest absolute Gasteiger partial charge is 0.258 e. The zero-order valence-electron chi connectivity index (χ0n) is 26.0. The summed E-state index contributed by atoms with van der Waals surface area (Å²) < 4.78 is 56.2. The number of H-pyrrole nitrogens is 1. The second-order valence-electron chi connectivity index (χ2n) is 13.1. The van der Waals surface area contributed by atoms with E-state index < -0.39 is 32.0 Å². The maximum absolute atomic E-state index is 14.0. The van der Waals surface area contributed by atoms with Crippen LogP contribution >= 0.6 is 0 Å². The van der Waals surface area contributed by atoms with Crippen LogP contribution in [0.1, 0.15) is 67.6 Å². The molecule has 2 aliphatic heterocycles. The van der Waals surface area contributed by atoms with Crippen LogP contribution in [0.3, 0.4) is 0 Å². The number of nitrogens with zero attached hydrogens (tertiary/aromatic N) is 4. The number of amides is 1. The lowest BCUT2D eigenvalue weighted by Gasteiger charge is -2.37. The van der Waals surface area contributed by atoms with Crippen LogP contribution < -0.4 is 15.5 Å². The Morgan fingerprint density at radius 1 is 1.00 bits per heavy atom. The summed E-state index contributed by atoms with van der Waals surface area (Å²) in [5, 5.41) is 14.0. The van der Waals surface area contributed by atoms with Crippen LogP contribution in [0.5, 0.6) is 0 Å². The highest BCUT2D eigenvalue weighted by atomic mass is 32.2. The van der Waals surface area contributed by atoms with E-state index in [-0.39, 0.29) is 30.9 Å². The lowest BCUT2D eigenvalue weighted by molar-refractivity contribution is 0.102. The first-order valence-corrected chi connectivity index (χ1v) is 17.0. The fraction of sp³-hybridized carbons (Fsp3) is 0.500. The van der Waals surface area contributed by atoms with Gasteiger partial charge in [0.2, 0.25) is 10.0 Å². The number of hydrogen-bond acceptors (Lipinski definition) is 7.